The number of ether oxygens (including phenoxy) is 1. The standard InChI is InChI=1S/C21H21FN6O2/c1-27-16-2-7-28-17(26-16)14(10-25-28)18(29)24-11-20(3-4-20)12-30-19-15(21(27)5-6-21)8-13(22)9-23-19/h2,7-10H,3-6,11-12H2,1H3,(H,24,29). The van der Waals surface area contributed by atoms with E-state index in [1.165, 1.54) is 12.3 Å². The van der Waals surface area contributed by atoms with E-state index in [1.807, 2.05) is 18.0 Å². The van der Waals surface area contributed by atoms with Crippen molar-refractivity contribution in [3.05, 3.63) is 47.7 Å². The molecule has 2 saturated carbocycles. The van der Waals surface area contributed by atoms with E-state index in [0.29, 0.717) is 36.1 Å². The Balaban J connectivity index is 1.52. The lowest BCUT2D eigenvalue weighted by Crippen LogP contribution is -2.35. The largest absolute Gasteiger partial charge is 0.477 e. The van der Waals surface area contributed by atoms with Gasteiger partial charge in [0.2, 0.25) is 5.88 Å². The average molecular weight is 408 g/mol. The summed E-state index contributed by atoms with van der Waals surface area (Å²) in [5.74, 6) is 0.567. The minimum absolute atomic E-state index is 0.114. The molecule has 0 atom stereocenters. The molecular weight excluding hydrogens is 387 g/mol. The maximum absolute atomic E-state index is 14.2. The predicted molar refractivity (Wildman–Crippen MR) is 106 cm³/mol. The molecule has 1 aliphatic heterocycles. The Hall–Kier alpha value is -3.23. The molecule has 9 heteroatoms. The highest BCUT2D eigenvalue weighted by atomic mass is 19.1. The van der Waals surface area contributed by atoms with E-state index in [9.17, 15) is 9.18 Å². The third kappa shape index (κ3) is 2.57. The van der Waals surface area contributed by atoms with Crippen molar-refractivity contribution in [2.24, 2.45) is 5.41 Å². The van der Waals surface area contributed by atoms with E-state index in [0.717, 1.165) is 31.2 Å². The van der Waals surface area contributed by atoms with Crippen LogP contribution in [0.15, 0.2) is 30.7 Å². The first kappa shape index (κ1) is 17.6. The van der Waals surface area contributed by atoms with Gasteiger partial charge >= 0.3 is 0 Å². The molecule has 3 aromatic heterocycles. The number of amides is 1. The Morgan fingerprint density at radius 2 is 2.07 bits per heavy atom. The number of halogens is 1. The van der Waals surface area contributed by atoms with Crippen LogP contribution in [0.25, 0.3) is 5.65 Å². The zero-order valence-electron chi connectivity index (χ0n) is 16.6. The monoisotopic (exact) mass is 408 g/mol. The van der Waals surface area contributed by atoms with Crippen LogP contribution in [-0.2, 0) is 5.54 Å². The van der Waals surface area contributed by atoms with Crippen molar-refractivity contribution < 1.29 is 13.9 Å². The van der Waals surface area contributed by atoms with Crippen LogP contribution in [0.2, 0.25) is 0 Å². The zero-order chi connectivity index (χ0) is 20.5. The molecule has 8 nitrogen and oxygen atoms in total. The number of carbonyl (C=O) groups excluding carboxylic acids is 1. The van der Waals surface area contributed by atoms with Crippen molar-refractivity contribution in [2.45, 2.75) is 31.2 Å². The van der Waals surface area contributed by atoms with Crippen molar-refractivity contribution in [3.63, 3.8) is 0 Å². The van der Waals surface area contributed by atoms with Gasteiger partial charge in [-0.25, -0.2) is 18.9 Å². The number of fused-ring (bicyclic) bond motifs is 3. The van der Waals surface area contributed by atoms with Gasteiger partial charge in [0.05, 0.1) is 24.5 Å². The van der Waals surface area contributed by atoms with Gasteiger partial charge in [-0.05, 0) is 37.8 Å². The summed E-state index contributed by atoms with van der Waals surface area (Å²) in [5.41, 5.74) is 1.15. The second-order valence-corrected chi connectivity index (χ2v) is 8.68. The van der Waals surface area contributed by atoms with Gasteiger partial charge in [-0.15, -0.1) is 0 Å². The zero-order valence-corrected chi connectivity index (χ0v) is 16.6. The maximum Gasteiger partial charge on any atom is 0.256 e. The van der Waals surface area contributed by atoms with Gasteiger partial charge in [0, 0.05) is 30.8 Å². The van der Waals surface area contributed by atoms with Crippen molar-refractivity contribution >= 4 is 17.4 Å². The number of nitrogens with zero attached hydrogens (tertiary/aromatic N) is 5. The number of rotatable bonds is 0. The Kier molecular flexibility index (Phi) is 3.46. The molecule has 0 saturated heterocycles. The van der Waals surface area contributed by atoms with Crippen molar-refractivity contribution in [2.75, 3.05) is 25.1 Å². The Morgan fingerprint density at radius 3 is 2.83 bits per heavy atom. The first-order valence-electron chi connectivity index (χ1n) is 10.2. The van der Waals surface area contributed by atoms with E-state index in [2.05, 4.69) is 15.4 Å². The third-order valence-corrected chi connectivity index (χ3v) is 6.72. The summed E-state index contributed by atoms with van der Waals surface area (Å²) in [6, 6.07) is 3.38. The lowest BCUT2D eigenvalue weighted by atomic mass is 10.0. The summed E-state index contributed by atoms with van der Waals surface area (Å²) < 4.78 is 21.9. The SMILES string of the molecule is CN1c2ccn3ncc(c3n2)C(=O)NCC2(CC2)COc2ncc(F)cc2C12CC2. The van der Waals surface area contributed by atoms with Crippen LogP contribution < -0.4 is 15.0 Å². The van der Waals surface area contributed by atoms with Gasteiger partial charge in [0.25, 0.3) is 5.91 Å². The Morgan fingerprint density at radius 1 is 1.23 bits per heavy atom. The van der Waals surface area contributed by atoms with Gasteiger partial charge < -0.3 is 15.0 Å². The van der Waals surface area contributed by atoms with Crippen LogP contribution in [0.3, 0.4) is 0 Å². The minimum Gasteiger partial charge on any atom is -0.477 e. The highest BCUT2D eigenvalue weighted by Crippen LogP contribution is 2.54. The van der Waals surface area contributed by atoms with Crippen molar-refractivity contribution in [1.29, 1.82) is 0 Å². The van der Waals surface area contributed by atoms with E-state index in [1.54, 1.807) is 16.9 Å². The van der Waals surface area contributed by atoms with Crippen LogP contribution in [0.5, 0.6) is 5.88 Å². The van der Waals surface area contributed by atoms with Crippen LogP contribution in [0.4, 0.5) is 10.2 Å². The van der Waals surface area contributed by atoms with E-state index >= 15 is 0 Å². The molecule has 2 aliphatic carbocycles. The normalized spacial score (nSPS) is 21.3. The lowest BCUT2D eigenvalue weighted by molar-refractivity contribution is 0.0938. The molecule has 0 radical (unpaired) electrons. The number of pyridine rings is 1. The van der Waals surface area contributed by atoms with Gasteiger partial charge in [-0.3, -0.25) is 4.79 Å². The molecule has 4 heterocycles. The van der Waals surface area contributed by atoms with E-state index in [-0.39, 0.29) is 17.1 Å². The van der Waals surface area contributed by atoms with Gasteiger partial charge in [-0.1, -0.05) is 0 Å². The number of hydrogen-bond acceptors (Lipinski definition) is 6. The summed E-state index contributed by atoms with van der Waals surface area (Å²) in [7, 11) is 1.94. The number of anilines is 1. The lowest BCUT2D eigenvalue weighted by Gasteiger charge is -2.31. The maximum atomic E-state index is 14.2. The second kappa shape index (κ2) is 5.90. The molecule has 2 spiro atoms. The molecule has 2 fully saturated rings. The summed E-state index contributed by atoms with van der Waals surface area (Å²) in [6.45, 7) is 0.941. The third-order valence-electron chi connectivity index (χ3n) is 6.72. The smallest absolute Gasteiger partial charge is 0.256 e. The first-order valence-corrected chi connectivity index (χ1v) is 10.2. The highest BCUT2D eigenvalue weighted by molar-refractivity contribution is 5.99. The van der Waals surface area contributed by atoms with Crippen LogP contribution in [-0.4, -0.2) is 45.7 Å². The fourth-order valence-corrected chi connectivity index (χ4v) is 4.34. The summed E-state index contributed by atoms with van der Waals surface area (Å²) in [6.07, 6.45) is 8.15. The molecule has 6 rings (SSSR count). The highest BCUT2D eigenvalue weighted by Gasteiger charge is 2.52. The number of carbonyl (C=O) groups is 1. The topological polar surface area (TPSA) is 84.7 Å². The molecule has 3 aliphatic rings. The van der Waals surface area contributed by atoms with E-state index < -0.39 is 5.54 Å². The molecule has 3 aromatic rings. The summed E-state index contributed by atoms with van der Waals surface area (Å²) in [5, 5.41) is 7.28. The van der Waals surface area contributed by atoms with Crippen molar-refractivity contribution in [1.82, 2.24) is 24.9 Å². The van der Waals surface area contributed by atoms with Gasteiger partial charge in [0.1, 0.15) is 17.2 Å². The molecule has 154 valence electrons. The van der Waals surface area contributed by atoms with Gasteiger partial charge in [-0.2, -0.15) is 5.10 Å². The van der Waals surface area contributed by atoms with E-state index in [4.69, 9.17) is 9.72 Å². The number of hydrogen-bond donors (Lipinski definition) is 1. The summed E-state index contributed by atoms with van der Waals surface area (Å²) in [4.78, 5) is 23.9. The number of aromatic nitrogens is 4. The molecule has 0 unspecified atom stereocenters. The fourth-order valence-electron chi connectivity index (χ4n) is 4.34. The second-order valence-electron chi connectivity index (χ2n) is 8.68. The summed E-state index contributed by atoms with van der Waals surface area (Å²) >= 11 is 0. The fraction of sp³-hybridized carbons (Fsp3) is 0.429. The molecular formula is C21H21FN6O2. The number of nitrogens with one attached hydrogen (secondary N) is 1. The molecule has 30 heavy (non-hydrogen) atoms. The van der Waals surface area contributed by atoms with Crippen LogP contribution in [0.1, 0.15) is 41.6 Å². The molecule has 2 bridgehead atoms. The first-order chi connectivity index (χ1) is 14.5. The van der Waals surface area contributed by atoms with Gasteiger partial charge in [0.15, 0.2) is 5.65 Å². The molecule has 0 aromatic carbocycles. The minimum atomic E-state index is -0.431. The van der Waals surface area contributed by atoms with Crippen molar-refractivity contribution in [3.8, 4) is 5.88 Å². The predicted octanol–water partition coefficient (Wildman–Crippen LogP) is 2.29. The van der Waals surface area contributed by atoms with Crippen LogP contribution in [0, 0.1) is 11.2 Å². The average Bonchev–Trinajstić information content (AvgIpc) is 3.67. The quantitative estimate of drug-likeness (QED) is 0.615. The van der Waals surface area contributed by atoms with Crippen LogP contribution >= 0.6 is 0 Å². The molecule has 1 amide bonds. The molecule has 1 N–H and O–H groups in total. The Bertz CT molecular complexity index is 1180. The Labute approximate surface area is 172 Å².